The summed E-state index contributed by atoms with van der Waals surface area (Å²) >= 11 is 5.84. The van der Waals surface area contributed by atoms with E-state index in [1.165, 1.54) is 12.1 Å². The first kappa shape index (κ1) is 14.8. The van der Waals surface area contributed by atoms with Gasteiger partial charge in [-0.2, -0.15) is 0 Å². The third-order valence-corrected chi connectivity index (χ3v) is 4.76. The second-order valence-corrected chi connectivity index (χ2v) is 6.76. The van der Waals surface area contributed by atoms with Crippen molar-refractivity contribution in [2.45, 2.75) is 11.0 Å². The van der Waals surface area contributed by atoms with Gasteiger partial charge in [-0.05, 0) is 35.0 Å². The lowest BCUT2D eigenvalue weighted by Gasteiger charge is -2.08. The zero-order chi connectivity index (χ0) is 14.9. The fourth-order valence-corrected chi connectivity index (χ4v) is 3.28. The quantitative estimate of drug-likeness (QED) is 0.896. The molecule has 0 aromatic heterocycles. The molecule has 106 valence electrons. The van der Waals surface area contributed by atoms with Crippen LogP contribution in [0.5, 0.6) is 0 Å². The maximum atomic E-state index is 12.0. The number of aliphatic carboxylic acids is 1. The molecule has 2 N–H and O–H groups in total. The number of carbonyl (C=O) groups is 1. The number of benzene rings is 2. The van der Waals surface area contributed by atoms with E-state index in [1.54, 1.807) is 24.3 Å². The lowest BCUT2D eigenvalue weighted by molar-refractivity contribution is -0.145. The van der Waals surface area contributed by atoms with Crippen LogP contribution < -0.4 is 0 Å². The van der Waals surface area contributed by atoms with Crippen molar-refractivity contribution in [2.75, 3.05) is 5.75 Å². The van der Waals surface area contributed by atoms with Crippen LogP contribution >= 0.6 is 11.6 Å². The summed E-state index contributed by atoms with van der Waals surface area (Å²) in [5.41, 5.74) is 0. The maximum absolute atomic E-state index is 12.0. The molecule has 0 aliphatic heterocycles. The monoisotopic (exact) mass is 314 g/mol. The number of halogens is 1. The first-order valence-corrected chi connectivity index (χ1v) is 7.65. The predicted molar refractivity (Wildman–Crippen MR) is 74.7 cm³/mol. The minimum atomic E-state index is -3.87. The van der Waals surface area contributed by atoms with Gasteiger partial charge in [0.1, 0.15) is 0 Å². The van der Waals surface area contributed by atoms with Crippen molar-refractivity contribution in [3.05, 3.63) is 41.4 Å². The van der Waals surface area contributed by atoms with Crippen LogP contribution in [0.1, 0.15) is 0 Å². The van der Waals surface area contributed by atoms with Crippen molar-refractivity contribution >= 4 is 38.2 Å². The van der Waals surface area contributed by atoms with E-state index in [2.05, 4.69) is 0 Å². The lowest BCUT2D eigenvalue weighted by Crippen LogP contribution is -2.28. The van der Waals surface area contributed by atoms with E-state index in [1.807, 2.05) is 0 Å². The largest absolute Gasteiger partial charge is 0.479 e. The summed E-state index contributed by atoms with van der Waals surface area (Å²) < 4.78 is 24.0. The molecule has 2 rings (SSSR count). The molecule has 0 saturated heterocycles. The Labute approximate surface area is 120 Å². The Hall–Kier alpha value is -1.63. The van der Waals surface area contributed by atoms with Gasteiger partial charge >= 0.3 is 5.97 Å². The van der Waals surface area contributed by atoms with E-state index in [0.29, 0.717) is 10.4 Å². The molecule has 0 fully saturated rings. The highest BCUT2D eigenvalue weighted by Crippen LogP contribution is 2.23. The first-order chi connectivity index (χ1) is 9.29. The molecule has 0 heterocycles. The van der Waals surface area contributed by atoms with Gasteiger partial charge < -0.3 is 10.2 Å². The standard InChI is InChI=1S/C13H11ClO5S/c14-10-3-1-9-6-11(4-2-8(9)5-10)20(18,19)7-12(15)13(16)17/h1-6,12,15H,7H2,(H,16,17). The van der Waals surface area contributed by atoms with E-state index in [4.69, 9.17) is 16.7 Å². The molecule has 0 aliphatic rings. The molecule has 5 nitrogen and oxygen atoms in total. The summed E-state index contributed by atoms with van der Waals surface area (Å²) in [6, 6.07) is 9.37. The number of sulfone groups is 1. The number of hydrogen-bond acceptors (Lipinski definition) is 4. The minimum absolute atomic E-state index is 0.0346. The van der Waals surface area contributed by atoms with E-state index < -0.39 is 27.7 Å². The summed E-state index contributed by atoms with van der Waals surface area (Å²) in [6.45, 7) is 0. The van der Waals surface area contributed by atoms with Gasteiger partial charge in [0, 0.05) is 5.02 Å². The molecule has 7 heteroatoms. The normalized spacial score (nSPS) is 13.3. The molecule has 0 saturated carbocycles. The molecule has 0 spiro atoms. The van der Waals surface area contributed by atoms with Crippen molar-refractivity contribution in [1.82, 2.24) is 0 Å². The minimum Gasteiger partial charge on any atom is -0.479 e. The first-order valence-electron chi connectivity index (χ1n) is 5.62. The van der Waals surface area contributed by atoms with Gasteiger partial charge in [0.25, 0.3) is 0 Å². The molecular weight excluding hydrogens is 304 g/mol. The van der Waals surface area contributed by atoms with E-state index in [9.17, 15) is 18.3 Å². The van der Waals surface area contributed by atoms with Crippen LogP contribution in [0.15, 0.2) is 41.3 Å². The van der Waals surface area contributed by atoms with Crippen molar-refractivity contribution in [1.29, 1.82) is 0 Å². The van der Waals surface area contributed by atoms with Gasteiger partial charge in [-0.1, -0.05) is 23.7 Å². The van der Waals surface area contributed by atoms with Crippen LogP contribution in [0, 0.1) is 0 Å². The van der Waals surface area contributed by atoms with Crippen LogP contribution in [-0.4, -0.2) is 36.5 Å². The van der Waals surface area contributed by atoms with Crippen molar-refractivity contribution < 1.29 is 23.4 Å². The highest BCUT2D eigenvalue weighted by atomic mass is 35.5. The molecule has 2 aromatic rings. The van der Waals surface area contributed by atoms with Gasteiger partial charge in [0.2, 0.25) is 0 Å². The molecule has 20 heavy (non-hydrogen) atoms. The van der Waals surface area contributed by atoms with Gasteiger partial charge in [0.15, 0.2) is 15.9 Å². The second kappa shape index (κ2) is 5.40. The Morgan fingerprint density at radius 3 is 2.40 bits per heavy atom. The van der Waals surface area contributed by atoms with Crippen LogP contribution in [0.4, 0.5) is 0 Å². The Kier molecular flexibility index (Phi) is 3.99. The average Bonchev–Trinajstić information content (AvgIpc) is 2.37. The highest BCUT2D eigenvalue weighted by Gasteiger charge is 2.24. The van der Waals surface area contributed by atoms with Crippen LogP contribution in [0.3, 0.4) is 0 Å². The molecule has 0 radical (unpaired) electrons. The number of aliphatic hydroxyl groups excluding tert-OH is 1. The van der Waals surface area contributed by atoms with E-state index in [-0.39, 0.29) is 4.90 Å². The van der Waals surface area contributed by atoms with Gasteiger partial charge in [0.05, 0.1) is 10.6 Å². The van der Waals surface area contributed by atoms with Crippen LogP contribution in [0.25, 0.3) is 10.8 Å². The summed E-state index contributed by atoms with van der Waals surface area (Å²) in [6.07, 6.45) is -1.94. The van der Waals surface area contributed by atoms with Crippen LogP contribution in [-0.2, 0) is 14.6 Å². The van der Waals surface area contributed by atoms with Crippen molar-refractivity contribution in [2.24, 2.45) is 0 Å². The molecule has 2 aromatic carbocycles. The number of rotatable bonds is 4. The highest BCUT2D eigenvalue weighted by molar-refractivity contribution is 7.91. The summed E-state index contributed by atoms with van der Waals surface area (Å²) in [5, 5.41) is 19.7. The SMILES string of the molecule is O=C(O)C(O)CS(=O)(=O)c1ccc2cc(Cl)ccc2c1. The topological polar surface area (TPSA) is 91.7 Å². The predicted octanol–water partition coefficient (Wildman–Crippen LogP) is 1.71. The Morgan fingerprint density at radius 1 is 1.15 bits per heavy atom. The summed E-state index contributed by atoms with van der Waals surface area (Å²) in [4.78, 5) is 10.5. The third kappa shape index (κ3) is 3.09. The number of hydrogen-bond donors (Lipinski definition) is 2. The van der Waals surface area contributed by atoms with E-state index in [0.717, 1.165) is 5.39 Å². The maximum Gasteiger partial charge on any atom is 0.333 e. The molecule has 1 unspecified atom stereocenters. The molecule has 0 amide bonds. The second-order valence-electron chi connectivity index (χ2n) is 4.29. The molecule has 0 aliphatic carbocycles. The lowest BCUT2D eigenvalue weighted by atomic mass is 10.1. The zero-order valence-electron chi connectivity index (χ0n) is 10.2. The molecule has 1 atom stereocenters. The Bertz CT molecular complexity index is 769. The number of carboxylic acid groups (broad SMARTS) is 1. The van der Waals surface area contributed by atoms with Gasteiger partial charge in [-0.15, -0.1) is 0 Å². The van der Waals surface area contributed by atoms with Crippen LogP contribution in [0.2, 0.25) is 5.02 Å². The van der Waals surface area contributed by atoms with Gasteiger partial charge in [-0.25, -0.2) is 13.2 Å². The average molecular weight is 315 g/mol. The Balaban J connectivity index is 2.42. The fraction of sp³-hybridized carbons (Fsp3) is 0.154. The fourth-order valence-electron chi connectivity index (χ4n) is 1.76. The van der Waals surface area contributed by atoms with Gasteiger partial charge in [-0.3, -0.25) is 0 Å². The van der Waals surface area contributed by atoms with Crippen molar-refractivity contribution in [3.63, 3.8) is 0 Å². The van der Waals surface area contributed by atoms with Crippen molar-refractivity contribution in [3.8, 4) is 0 Å². The molecule has 0 bridgehead atoms. The smallest absolute Gasteiger partial charge is 0.333 e. The Morgan fingerprint density at radius 2 is 1.75 bits per heavy atom. The summed E-state index contributed by atoms with van der Waals surface area (Å²) in [5.74, 6) is -2.43. The zero-order valence-corrected chi connectivity index (χ0v) is 11.7. The number of aliphatic hydroxyl groups is 1. The van der Waals surface area contributed by atoms with E-state index >= 15 is 0 Å². The third-order valence-electron chi connectivity index (χ3n) is 2.80. The number of fused-ring (bicyclic) bond motifs is 1. The molecular formula is C13H11ClO5S. The summed E-state index contributed by atoms with van der Waals surface area (Å²) in [7, 11) is -3.87. The number of carboxylic acids is 1.